The number of hydrogen-bond donors (Lipinski definition) is 1. The minimum Gasteiger partial charge on any atom is -0.464 e. The number of benzene rings is 1. The van der Waals surface area contributed by atoms with Crippen LogP contribution in [0.2, 0.25) is 0 Å². The predicted molar refractivity (Wildman–Crippen MR) is 101 cm³/mol. The molecule has 2 fully saturated rings. The number of piperazine rings is 1. The Kier molecular flexibility index (Phi) is 4.65. The summed E-state index contributed by atoms with van der Waals surface area (Å²) in [6.45, 7) is 5.82. The number of fused-ring (bicyclic) bond motifs is 1. The third-order valence-corrected chi connectivity index (χ3v) is 5.42. The van der Waals surface area contributed by atoms with Crippen LogP contribution in [0.1, 0.15) is 6.42 Å². The standard InChI is InChI=1S/C19H24N4O3/c1-21-7-9-22(10-8-21)15-4-6-23(13-15)19(25)20-14-2-3-18-16(12-14)17(24)5-11-26-18/h2-3,5,11-12,15H,4,6-10,13H2,1H3,(H,20,25)/t15-/m0/s1. The third kappa shape index (κ3) is 3.45. The molecule has 0 aliphatic carbocycles. The van der Waals surface area contributed by atoms with Crippen LogP contribution in [-0.4, -0.2) is 73.1 Å². The van der Waals surface area contributed by atoms with Crippen LogP contribution >= 0.6 is 0 Å². The van der Waals surface area contributed by atoms with Gasteiger partial charge in [0.1, 0.15) is 5.58 Å². The van der Waals surface area contributed by atoms with Crippen LogP contribution < -0.4 is 10.7 Å². The summed E-state index contributed by atoms with van der Waals surface area (Å²) in [6, 6.07) is 6.86. The number of rotatable bonds is 2. The van der Waals surface area contributed by atoms with E-state index in [4.69, 9.17) is 4.42 Å². The van der Waals surface area contributed by atoms with E-state index >= 15 is 0 Å². The lowest BCUT2D eigenvalue weighted by Gasteiger charge is -2.36. The van der Waals surface area contributed by atoms with E-state index in [1.807, 2.05) is 4.90 Å². The summed E-state index contributed by atoms with van der Waals surface area (Å²) in [5.74, 6) is 0. The Hall–Kier alpha value is -2.38. The second-order valence-electron chi connectivity index (χ2n) is 7.15. The topological polar surface area (TPSA) is 69.0 Å². The lowest BCUT2D eigenvalue weighted by Crippen LogP contribution is -2.50. The molecule has 1 atom stereocenters. The largest absolute Gasteiger partial charge is 0.464 e. The Morgan fingerprint density at radius 3 is 2.77 bits per heavy atom. The molecule has 0 bridgehead atoms. The van der Waals surface area contributed by atoms with Crippen LogP contribution in [0.25, 0.3) is 11.0 Å². The fraction of sp³-hybridized carbons (Fsp3) is 0.474. The van der Waals surface area contributed by atoms with E-state index in [-0.39, 0.29) is 11.5 Å². The smallest absolute Gasteiger partial charge is 0.321 e. The molecule has 0 unspecified atom stereocenters. The quantitative estimate of drug-likeness (QED) is 0.886. The molecular weight excluding hydrogens is 332 g/mol. The van der Waals surface area contributed by atoms with Crippen LogP contribution in [0.5, 0.6) is 0 Å². The molecule has 1 aromatic carbocycles. The van der Waals surface area contributed by atoms with Crippen molar-refractivity contribution in [3.05, 3.63) is 40.8 Å². The van der Waals surface area contributed by atoms with Gasteiger partial charge in [-0.1, -0.05) is 0 Å². The molecule has 7 nitrogen and oxygen atoms in total. The molecule has 2 aliphatic heterocycles. The Balaban J connectivity index is 1.39. The molecule has 7 heteroatoms. The molecule has 1 N–H and O–H groups in total. The van der Waals surface area contributed by atoms with Gasteiger partial charge in [0.2, 0.25) is 0 Å². The number of nitrogens with one attached hydrogen (secondary N) is 1. The number of carbonyl (C=O) groups excluding carboxylic acids is 1. The Labute approximate surface area is 152 Å². The molecule has 3 heterocycles. The average Bonchev–Trinajstić information content (AvgIpc) is 3.13. The van der Waals surface area contributed by atoms with Gasteiger partial charge in [-0.3, -0.25) is 9.69 Å². The first-order chi connectivity index (χ1) is 12.6. The number of hydrogen-bond acceptors (Lipinski definition) is 5. The third-order valence-electron chi connectivity index (χ3n) is 5.42. The van der Waals surface area contributed by atoms with Crippen molar-refractivity contribution < 1.29 is 9.21 Å². The number of amides is 2. The summed E-state index contributed by atoms with van der Waals surface area (Å²) in [5, 5.41) is 3.39. The fourth-order valence-corrected chi connectivity index (χ4v) is 3.78. The minimum absolute atomic E-state index is 0.110. The van der Waals surface area contributed by atoms with E-state index in [0.29, 0.717) is 22.7 Å². The molecule has 4 rings (SSSR count). The minimum atomic E-state index is -0.112. The second-order valence-corrected chi connectivity index (χ2v) is 7.15. The summed E-state index contributed by atoms with van der Waals surface area (Å²) in [7, 11) is 2.15. The lowest BCUT2D eigenvalue weighted by molar-refractivity contribution is 0.115. The molecule has 0 saturated carbocycles. The molecule has 138 valence electrons. The van der Waals surface area contributed by atoms with Crippen molar-refractivity contribution in [1.82, 2.24) is 14.7 Å². The number of nitrogens with zero attached hydrogens (tertiary/aromatic N) is 3. The molecule has 0 radical (unpaired) electrons. The van der Waals surface area contributed by atoms with Gasteiger partial charge in [-0.25, -0.2) is 4.79 Å². The van der Waals surface area contributed by atoms with Crippen LogP contribution in [0.3, 0.4) is 0 Å². The van der Waals surface area contributed by atoms with Crippen LogP contribution in [0, 0.1) is 0 Å². The van der Waals surface area contributed by atoms with Gasteiger partial charge in [0.05, 0.1) is 11.6 Å². The first-order valence-electron chi connectivity index (χ1n) is 9.10. The molecule has 26 heavy (non-hydrogen) atoms. The Bertz CT molecular complexity index is 857. The summed E-state index contributed by atoms with van der Waals surface area (Å²) in [4.78, 5) is 31.2. The lowest BCUT2D eigenvalue weighted by atomic mass is 10.2. The number of anilines is 1. The van der Waals surface area contributed by atoms with Gasteiger partial charge in [-0.2, -0.15) is 0 Å². The molecule has 0 spiro atoms. The van der Waals surface area contributed by atoms with Gasteiger partial charge in [-0.15, -0.1) is 0 Å². The second kappa shape index (κ2) is 7.09. The summed E-state index contributed by atoms with van der Waals surface area (Å²) in [5.41, 5.74) is 1.02. The first-order valence-corrected chi connectivity index (χ1v) is 9.10. The highest BCUT2D eigenvalue weighted by atomic mass is 16.3. The van der Waals surface area contributed by atoms with E-state index in [9.17, 15) is 9.59 Å². The maximum atomic E-state index is 12.6. The number of likely N-dealkylation sites (N-methyl/N-ethyl adjacent to an activating group) is 1. The van der Waals surface area contributed by atoms with Crippen LogP contribution in [-0.2, 0) is 0 Å². The van der Waals surface area contributed by atoms with Crippen molar-refractivity contribution in [2.45, 2.75) is 12.5 Å². The maximum Gasteiger partial charge on any atom is 0.321 e. The maximum absolute atomic E-state index is 12.6. The molecule has 1 aromatic heterocycles. The van der Waals surface area contributed by atoms with E-state index in [1.165, 1.54) is 12.3 Å². The van der Waals surface area contributed by atoms with Crippen LogP contribution in [0.4, 0.5) is 10.5 Å². The fourth-order valence-electron chi connectivity index (χ4n) is 3.78. The average molecular weight is 356 g/mol. The molecule has 2 aliphatic rings. The summed E-state index contributed by atoms with van der Waals surface area (Å²) < 4.78 is 5.31. The van der Waals surface area contributed by atoms with Gasteiger partial charge in [0.15, 0.2) is 5.43 Å². The van der Waals surface area contributed by atoms with Crippen molar-refractivity contribution in [3.63, 3.8) is 0 Å². The predicted octanol–water partition coefficient (Wildman–Crippen LogP) is 1.65. The number of likely N-dealkylation sites (tertiary alicyclic amines) is 1. The highest BCUT2D eigenvalue weighted by Crippen LogP contribution is 2.20. The van der Waals surface area contributed by atoms with Gasteiger partial charge in [0.25, 0.3) is 0 Å². The van der Waals surface area contributed by atoms with Gasteiger partial charge in [-0.05, 0) is 31.7 Å². The monoisotopic (exact) mass is 356 g/mol. The van der Waals surface area contributed by atoms with Gasteiger partial charge in [0, 0.05) is 57.1 Å². The zero-order chi connectivity index (χ0) is 18.1. The summed E-state index contributed by atoms with van der Waals surface area (Å²) in [6.07, 6.45) is 2.39. The van der Waals surface area contributed by atoms with Crippen molar-refractivity contribution in [2.75, 3.05) is 51.6 Å². The SMILES string of the molecule is CN1CCN([C@H]2CCN(C(=O)Nc3ccc4occc(=O)c4c3)C2)CC1. The van der Waals surface area contributed by atoms with Gasteiger partial charge < -0.3 is 19.5 Å². The summed E-state index contributed by atoms with van der Waals surface area (Å²) >= 11 is 0. The van der Waals surface area contributed by atoms with Gasteiger partial charge >= 0.3 is 6.03 Å². The van der Waals surface area contributed by atoms with Crippen LogP contribution in [0.15, 0.2) is 39.7 Å². The number of urea groups is 1. The molecule has 2 aromatic rings. The van der Waals surface area contributed by atoms with E-state index in [0.717, 1.165) is 45.7 Å². The Morgan fingerprint density at radius 1 is 1.15 bits per heavy atom. The number of carbonyl (C=O) groups is 1. The molecule has 2 saturated heterocycles. The zero-order valence-electron chi connectivity index (χ0n) is 15.0. The van der Waals surface area contributed by atoms with Crippen molar-refractivity contribution in [3.8, 4) is 0 Å². The van der Waals surface area contributed by atoms with Crippen molar-refractivity contribution in [2.24, 2.45) is 0 Å². The highest BCUT2D eigenvalue weighted by Gasteiger charge is 2.31. The van der Waals surface area contributed by atoms with Crippen molar-refractivity contribution in [1.29, 1.82) is 0 Å². The Morgan fingerprint density at radius 2 is 1.96 bits per heavy atom. The van der Waals surface area contributed by atoms with E-state index in [1.54, 1.807) is 18.2 Å². The normalized spacial score (nSPS) is 22.0. The first kappa shape index (κ1) is 17.1. The van der Waals surface area contributed by atoms with E-state index < -0.39 is 0 Å². The van der Waals surface area contributed by atoms with E-state index in [2.05, 4.69) is 22.2 Å². The molecular formula is C19H24N4O3. The molecule has 2 amide bonds. The zero-order valence-corrected chi connectivity index (χ0v) is 15.0. The van der Waals surface area contributed by atoms with Crippen molar-refractivity contribution >= 4 is 22.7 Å². The highest BCUT2D eigenvalue weighted by molar-refractivity contribution is 5.92.